The number of rotatable bonds is 14. The highest BCUT2D eigenvalue weighted by Crippen LogP contribution is 2.33. The number of piperidine rings is 2. The highest BCUT2D eigenvalue weighted by Gasteiger charge is 2.24. The molecule has 0 amide bonds. The fraction of sp³-hybridized carbons (Fsp3) is 0.500. The summed E-state index contributed by atoms with van der Waals surface area (Å²) in [5.41, 5.74) is 7.37. The van der Waals surface area contributed by atoms with Crippen molar-refractivity contribution in [3.8, 4) is 11.5 Å². The molecule has 8 nitrogen and oxygen atoms in total. The molecule has 2 aliphatic heterocycles. The summed E-state index contributed by atoms with van der Waals surface area (Å²) < 4.78 is 17.0. The molecule has 2 aliphatic rings. The van der Waals surface area contributed by atoms with E-state index in [1.807, 2.05) is 48.5 Å². The maximum absolute atomic E-state index is 6.09. The molecule has 0 bridgehead atoms. The van der Waals surface area contributed by atoms with Crippen molar-refractivity contribution in [1.29, 1.82) is 0 Å². The van der Waals surface area contributed by atoms with E-state index in [0.717, 1.165) is 85.3 Å². The van der Waals surface area contributed by atoms with E-state index >= 15 is 0 Å². The first-order chi connectivity index (χ1) is 29.8. The van der Waals surface area contributed by atoms with Gasteiger partial charge in [-0.1, -0.05) is 89.0 Å². The molecule has 0 saturated carbocycles. The van der Waals surface area contributed by atoms with Gasteiger partial charge in [-0.05, 0) is 172 Å². The lowest BCUT2D eigenvalue weighted by Gasteiger charge is -2.24. The number of hydrogen-bond donors (Lipinski definition) is 2. The fourth-order valence-electron chi connectivity index (χ4n) is 9.12. The summed E-state index contributed by atoms with van der Waals surface area (Å²) in [4.78, 5) is 10.1. The number of ether oxygens (including phenoxy) is 2. The third kappa shape index (κ3) is 12.1. The average Bonchev–Trinajstić information content (AvgIpc) is 3.80. The van der Waals surface area contributed by atoms with Crippen molar-refractivity contribution in [1.82, 2.24) is 29.7 Å². The van der Waals surface area contributed by atoms with E-state index in [1.54, 1.807) is 0 Å². The van der Waals surface area contributed by atoms with Crippen molar-refractivity contribution in [2.24, 2.45) is 11.8 Å². The Morgan fingerprint density at radius 2 is 1.05 bits per heavy atom. The van der Waals surface area contributed by atoms with Crippen molar-refractivity contribution >= 4 is 45.3 Å². The van der Waals surface area contributed by atoms with Crippen LogP contribution in [0, 0.1) is 11.8 Å². The number of nitrogens with one attached hydrogen (secondary N) is 2. The van der Waals surface area contributed by atoms with Crippen LogP contribution in [0.5, 0.6) is 11.5 Å². The molecular weight excluding hydrogens is 812 g/mol. The second-order valence-corrected chi connectivity index (χ2v) is 20.2. The lowest BCUT2D eigenvalue weighted by atomic mass is 9.86. The van der Waals surface area contributed by atoms with Crippen LogP contribution in [-0.2, 0) is 37.1 Å². The van der Waals surface area contributed by atoms with E-state index in [2.05, 4.69) is 97.7 Å². The zero-order valence-corrected chi connectivity index (χ0v) is 39.4. The highest BCUT2D eigenvalue weighted by molar-refractivity contribution is 6.30. The maximum atomic E-state index is 6.09. The monoisotopic (exact) mass is 878 g/mol. The van der Waals surface area contributed by atoms with E-state index in [0.29, 0.717) is 23.3 Å². The van der Waals surface area contributed by atoms with E-state index in [4.69, 9.17) is 42.6 Å². The van der Waals surface area contributed by atoms with Crippen LogP contribution >= 0.6 is 23.2 Å². The molecule has 10 heteroatoms. The van der Waals surface area contributed by atoms with Crippen LogP contribution in [0.3, 0.4) is 0 Å². The number of para-hydroxylation sites is 2. The molecule has 4 heterocycles. The number of aromatic nitrogens is 4. The second kappa shape index (κ2) is 21.1. The van der Waals surface area contributed by atoms with Crippen LogP contribution in [0.15, 0.2) is 84.9 Å². The Balaban J connectivity index is 0.000000186. The minimum absolute atomic E-state index is 0.0437. The average molecular weight is 880 g/mol. The maximum Gasteiger partial charge on any atom is 0.148 e. The summed E-state index contributed by atoms with van der Waals surface area (Å²) >= 11 is 12.0. The molecule has 2 N–H and O–H groups in total. The third-order valence-corrected chi connectivity index (χ3v) is 13.1. The molecule has 8 rings (SSSR count). The molecular formula is C52H68Cl2N6O2. The topological polar surface area (TPSA) is 78.2 Å². The minimum atomic E-state index is 0.0437. The van der Waals surface area contributed by atoms with Gasteiger partial charge in [0, 0.05) is 23.1 Å². The van der Waals surface area contributed by atoms with Gasteiger partial charge in [-0.3, -0.25) is 0 Å². The van der Waals surface area contributed by atoms with Gasteiger partial charge in [0.25, 0.3) is 0 Å². The lowest BCUT2D eigenvalue weighted by molar-refractivity contribution is 0.287. The first kappa shape index (κ1) is 45.9. The quantitative estimate of drug-likeness (QED) is 0.113. The van der Waals surface area contributed by atoms with Gasteiger partial charge in [0.2, 0.25) is 0 Å². The Kier molecular flexibility index (Phi) is 15.6. The van der Waals surface area contributed by atoms with E-state index in [1.165, 1.54) is 73.5 Å². The Morgan fingerprint density at radius 3 is 1.56 bits per heavy atom. The number of halogens is 2. The number of aryl methyl sites for hydroxylation is 2. The van der Waals surface area contributed by atoms with Gasteiger partial charge >= 0.3 is 0 Å². The van der Waals surface area contributed by atoms with Gasteiger partial charge < -0.3 is 29.2 Å². The molecule has 0 radical (unpaired) electrons. The fourth-order valence-corrected chi connectivity index (χ4v) is 9.38. The summed E-state index contributed by atoms with van der Waals surface area (Å²) in [6.45, 7) is 21.1. The normalized spacial score (nSPS) is 15.5. The largest absolute Gasteiger partial charge is 0.486 e. The van der Waals surface area contributed by atoms with Crippen LogP contribution in [0.4, 0.5) is 0 Å². The predicted octanol–water partition coefficient (Wildman–Crippen LogP) is 12.7. The molecule has 4 aromatic carbocycles. The van der Waals surface area contributed by atoms with Crippen molar-refractivity contribution in [2.75, 3.05) is 26.2 Å². The third-order valence-electron chi connectivity index (χ3n) is 12.6. The summed E-state index contributed by atoms with van der Waals surface area (Å²) in [7, 11) is 0. The Labute approximate surface area is 380 Å². The number of benzene rings is 4. The van der Waals surface area contributed by atoms with Crippen molar-refractivity contribution in [3.63, 3.8) is 0 Å². The first-order valence-corrected chi connectivity index (χ1v) is 23.7. The molecule has 2 fully saturated rings. The summed E-state index contributed by atoms with van der Waals surface area (Å²) in [5.74, 6) is 5.29. The zero-order chi connectivity index (χ0) is 43.7. The van der Waals surface area contributed by atoms with Crippen molar-refractivity contribution in [3.05, 3.63) is 118 Å². The van der Waals surface area contributed by atoms with Crippen LogP contribution in [0.1, 0.15) is 116 Å². The molecule has 2 aromatic heterocycles. The first-order valence-electron chi connectivity index (χ1n) is 23.0. The smallest absolute Gasteiger partial charge is 0.148 e. The van der Waals surface area contributed by atoms with Gasteiger partial charge in [-0.15, -0.1) is 0 Å². The summed E-state index contributed by atoms with van der Waals surface area (Å²) in [6, 6.07) is 28.1. The summed E-state index contributed by atoms with van der Waals surface area (Å²) in [5, 5.41) is 8.37. The number of imidazole rings is 2. The number of nitrogens with zero attached hydrogens (tertiary/aromatic N) is 4. The molecule has 0 aliphatic carbocycles. The SMILES string of the molecule is CC(C)(C)c1cccc2c1nc(COc1ccc(Cl)cc1)n2CCCC1CCNCC1.CC(C)(C)c1cccc2nc(COc3ccc(Cl)cc3)n(CCCC3CCNCC3)c12. The van der Waals surface area contributed by atoms with Gasteiger partial charge in [0.15, 0.2) is 0 Å². The van der Waals surface area contributed by atoms with Crippen LogP contribution in [-0.4, -0.2) is 45.3 Å². The van der Waals surface area contributed by atoms with Crippen molar-refractivity contribution in [2.45, 2.75) is 130 Å². The summed E-state index contributed by atoms with van der Waals surface area (Å²) in [6.07, 6.45) is 10.1. The van der Waals surface area contributed by atoms with Crippen LogP contribution in [0.25, 0.3) is 22.1 Å². The molecule has 6 aromatic rings. The molecule has 2 saturated heterocycles. The predicted molar refractivity (Wildman–Crippen MR) is 258 cm³/mol. The number of fused-ring (bicyclic) bond motifs is 2. The molecule has 62 heavy (non-hydrogen) atoms. The van der Waals surface area contributed by atoms with E-state index < -0.39 is 0 Å². The second-order valence-electron chi connectivity index (χ2n) is 19.4. The van der Waals surface area contributed by atoms with E-state index in [9.17, 15) is 0 Å². The Hall–Kier alpha value is -4.08. The molecule has 0 atom stereocenters. The van der Waals surface area contributed by atoms with Crippen LogP contribution in [0.2, 0.25) is 10.0 Å². The lowest BCUT2D eigenvalue weighted by Crippen LogP contribution is -2.27. The van der Waals surface area contributed by atoms with Gasteiger partial charge in [-0.25, -0.2) is 9.97 Å². The van der Waals surface area contributed by atoms with Gasteiger partial charge in [0.05, 0.1) is 22.1 Å². The molecule has 0 spiro atoms. The van der Waals surface area contributed by atoms with Gasteiger partial charge in [0.1, 0.15) is 36.4 Å². The van der Waals surface area contributed by atoms with Gasteiger partial charge in [-0.2, -0.15) is 0 Å². The Morgan fingerprint density at radius 1 is 0.581 bits per heavy atom. The minimum Gasteiger partial charge on any atom is -0.486 e. The number of hydrogen-bond acceptors (Lipinski definition) is 6. The highest BCUT2D eigenvalue weighted by atomic mass is 35.5. The van der Waals surface area contributed by atoms with Crippen molar-refractivity contribution < 1.29 is 9.47 Å². The zero-order valence-electron chi connectivity index (χ0n) is 37.9. The van der Waals surface area contributed by atoms with Crippen LogP contribution < -0.4 is 20.1 Å². The molecule has 332 valence electrons. The molecule has 0 unspecified atom stereocenters. The Bertz CT molecular complexity index is 2280. The van der Waals surface area contributed by atoms with E-state index in [-0.39, 0.29) is 10.8 Å². The standard InChI is InChI=1S/2C26H34ClN3O/c1-26(2,3)22-7-4-8-23-25(22)29-24(18-31-21-11-9-20(27)10-12-21)30(23)17-5-6-19-13-15-28-16-14-19;1-26(2,3)22-7-4-8-23-25(22)30(17-5-6-19-13-15-28-16-14-19)24(29-23)18-31-21-11-9-20(27)10-12-21/h2*4,7-12,19,28H,5-6,13-18H2,1-3H3.